The summed E-state index contributed by atoms with van der Waals surface area (Å²) < 4.78 is 52.7. The van der Waals surface area contributed by atoms with E-state index in [0.29, 0.717) is 6.07 Å². The topological polar surface area (TPSA) is 89.5 Å². The second-order valence-electron chi connectivity index (χ2n) is 4.56. The van der Waals surface area contributed by atoms with E-state index in [1.165, 1.54) is 0 Å². The second-order valence-corrected chi connectivity index (χ2v) is 5.32. The normalized spacial score (nSPS) is 12.5. The molecule has 25 heavy (non-hydrogen) atoms. The van der Waals surface area contributed by atoms with E-state index in [1.807, 2.05) is 0 Å². The highest BCUT2D eigenvalue weighted by Gasteiger charge is 2.35. The minimum Gasteiger partial charge on any atom is -0.410 e. The van der Waals surface area contributed by atoms with Gasteiger partial charge in [-0.3, -0.25) is 9.36 Å². The first-order chi connectivity index (χ1) is 11.5. The van der Waals surface area contributed by atoms with Crippen molar-refractivity contribution in [3.05, 3.63) is 55.2 Å². The zero-order valence-corrected chi connectivity index (χ0v) is 13.5. The number of rotatable bonds is 2. The van der Waals surface area contributed by atoms with Crippen molar-refractivity contribution in [1.29, 1.82) is 0 Å². The Kier molecular flexibility index (Phi) is 4.91. The van der Waals surface area contributed by atoms with Gasteiger partial charge in [0.1, 0.15) is 11.4 Å². The number of hydrogen-bond acceptors (Lipinski definition) is 5. The number of nitrogens with zero attached hydrogens (tertiary/aromatic N) is 4. The summed E-state index contributed by atoms with van der Waals surface area (Å²) in [5.41, 5.74) is -5.00. The maximum absolute atomic E-state index is 14.1. The van der Waals surface area contributed by atoms with Crippen molar-refractivity contribution < 1.29 is 22.8 Å². The SMILES string of the molecule is Cn1c(C(F)(F)F)cc(=O)n(-c2nc(/C(Cl)=N/O)c(Cl)cc2F)c1=O. The fourth-order valence-corrected chi connectivity index (χ4v) is 2.32. The van der Waals surface area contributed by atoms with Gasteiger partial charge in [-0.15, -0.1) is 0 Å². The number of hydrogen-bond donors (Lipinski definition) is 1. The summed E-state index contributed by atoms with van der Waals surface area (Å²) >= 11 is 11.2. The van der Waals surface area contributed by atoms with E-state index in [1.54, 1.807) is 0 Å². The van der Waals surface area contributed by atoms with E-state index < -0.39 is 50.6 Å². The first-order valence-electron chi connectivity index (χ1n) is 6.13. The molecule has 0 saturated heterocycles. The lowest BCUT2D eigenvalue weighted by atomic mass is 10.3. The summed E-state index contributed by atoms with van der Waals surface area (Å²) in [7, 11) is 0.748. The highest BCUT2D eigenvalue weighted by molar-refractivity contribution is 6.70. The van der Waals surface area contributed by atoms with Crippen LogP contribution in [0, 0.1) is 5.82 Å². The van der Waals surface area contributed by atoms with Gasteiger partial charge in [0.25, 0.3) is 5.56 Å². The predicted octanol–water partition coefficient (Wildman–Crippen LogP) is 2.12. The van der Waals surface area contributed by atoms with Gasteiger partial charge in [-0.05, 0) is 6.07 Å². The Hall–Kier alpha value is -2.40. The monoisotopic (exact) mass is 400 g/mol. The summed E-state index contributed by atoms with van der Waals surface area (Å²) in [6.45, 7) is 0. The lowest BCUT2D eigenvalue weighted by Crippen LogP contribution is -2.41. The molecule has 0 aliphatic heterocycles. The predicted molar refractivity (Wildman–Crippen MR) is 79.2 cm³/mol. The van der Waals surface area contributed by atoms with Crippen molar-refractivity contribution >= 4 is 28.4 Å². The third-order valence-electron chi connectivity index (χ3n) is 3.02. The van der Waals surface area contributed by atoms with Crippen LogP contribution in [0.4, 0.5) is 17.6 Å². The molecule has 2 aromatic heterocycles. The van der Waals surface area contributed by atoms with Gasteiger partial charge in [0, 0.05) is 13.1 Å². The third-order valence-corrected chi connectivity index (χ3v) is 3.56. The molecule has 1 N–H and O–H groups in total. The van der Waals surface area contributed by atoms with E-state index in [0.717, 1.165) is 7.05 Å². The zero-order valence-electron chi connectivity index (χ0n) is 12.0. The van der Waals surface area contributed by atoms with Crippen molar-refractivity contribution in [3.63, 3.8) is 0 Å². The molecule has 0 radical (unpaired) electrons. The Labute approximate surface area is 145 Å². The molecule has 134 valence electrons. The maximum Gasteiger partial charge on any atom is 0.431 e. The molecule has 0 bridgehead atoms. The van der Waals surface area contributed by atoms with Crippen LogP contribution in [0.3, 0.4) is 0 Å². The van der Waals surface area contributed by atoms with Crippen LogP contribution in [-0.2, 0) is 13.2 Å². The lowest BCUT2D eigenvalue weighted by molar-refractivity contribution is -0.144. The molecule has 0 amide bonds. The molecule has 0 aromatic carbocycles. The number of pyridine rings is 1. The Balaban J connectivity index is 2.87. The Morgan fingerprint density at radius 1 is 1.32 bits per heavy atom. The first kappa shape index (κ1) is 18.9. The van der Waals surface area contributed by atoms with E-state index in [2.05, 4.69) is 10.1 Å². The largest absolute Gasteiger partial charge is 0.431 e. The molecule has 0 spiro atoms. The van der Waals surface area contributed by atoms with E-state index in [4.69, 9.17) is 28.4 Å². The quantitative estimate of drug-likeness (QED) is 0.361. The van der Waals surface area contributed by atoms with Crippen LogP contribution in [0.2, 0.25) is 5.02 Å². The molecule has 0 fully saturated rings. The van der Waals surface area contributed by atoms with Crippen LogP contribution < -0.4 is 11.2 Å². The molecule has 2 rings (SSSR count). The standard InChI is InChI=1S/C12H6Cl2F4N4O3/c1-21-6(12(16,17)18)3-7(23)22(11(21)24)10-5(15)2-4(13)8(19-10)9(14)20-25/h2-3,25H,1H3/b20-9-. The number of aromatic nitrogens is 3. The van der Waals surface area contributed by atoms with Crippen LogP contribution in [0.1, 0.15) is 11.4 Å². The summed E-state index contributed by atoms with van der Waals surface area (Å²) in [6.07, 6.45) is -4.98. The highest BCUT2D eigenvalue weighted by Crippen LogP contribution is 2.27. The van der Waals surface area contributed by atoms with Crippen molar-refractivity contribution in [3.8, 4) is 5.82 Å². The van der Waals surface area contributed by atoms with Crippen molar-refractivity contribution in [1.82, 2.24) is 14.1 Å². The molecule has 2 heterocycles. The highest BCUT2D eigenvalue weighted by atomic mass is 35.5. The van der Waals surface area contributed by atoms with Crippen LogP contribution in [0.15, 0.2) is 26.9 Å². The van der Waals surface area contributed by atoms with E-state index in [9.17, 15) is 27.2 Å². The van der Waals surface area contributed by atoms with Crippen molar-refractivity contribution in [2.75, 3.05) is 0 Å². The first-order valence-corrected chi connectivity index (χ1v) is 6.89. The molecule has 13 heteroatoms. The Morgan fingerprint density at radius 2 is 1.92 bits per heavy atom. The summed E-state index contributed by atoms with van der Waals surface area (Å²) in [5.74, 6) is -2.24. The summed E-state index contributed by atoms with van der Waals surface area (Å²) in [6, 6.07) is 0.717. The number of alkyl halides is 3. The van der Waals surface area contributed by atoms with Crippen LogP contribution in [-0.4, -0.2) is 24.5 Å². The smallest absolute Gasteiger partial charge is 0.410 e. The van der Waals surface area contributed by atoms with Crippen LogP contribution in [0.5, 0.6) is 0 Å². The fraction of sp³-hybridized carbons (Fsp3) is 0.167. The van der Waals surface area contributed by atoms with E-state index in [-0.39, 0.29) is 15.2 Å². The summed E-state index contributed by atoms with van der Waals surface area (Å²) in [5, 5.41) is 10.1. The third kappa shape index (κ3) is 3.37. The van der Waals surface area contributed by atoms with Gasteiger partial charge < -0.3 is 5.21 Å². The average Bonchev–Trinajstić information content (AvgIpc) is 2.51. The molecular weight excluding hydrogens is 395 g/mol. The molecule has 0 saturated carbocycles. The molecule has 0 unspecified atom stereocenters. The fourth-order valence-electron chi connectivity index (χ4n) is 1.90. The number of halogens is 6. The molecule has 7 nitrogen and oxygen atoms in total. The van der Waals surface area contributed by atoms with Gasteiger partial charge in [0.15, 0.2) is 16.8 Å². The van der Waals surface area contributed by atoms with Gasteiger partial charge in [-0.1, -0.05) is 28.4 Å². The minimum atomic E-state index is -4.98. The molecule has 0 aliphatic carbocycles. The average molecular weight is 401 g/mol. The van der Waals surface area contributed by atoms with Crippen molar-refractivity contribution in [2.45, 2.75) is 6.18 Å². The van der Waals surface area contributed by atoms with Crippen LogP contribution >= 0.6 is 23.2 Å². The van der Waals surface area contributed by atoms with Gasteiger partial charge in [-0.2, -0.15) is 13.2 Å². The summed E-state index contributed by atoms with van der Waals surface area (Å²) in [4.78, 5) is 27.6. The number of oxime groups is 1. The maximum atomic E-state index is 14.1. The molecule has 0 aliphatic rings. The Morgan fingerprint density at radius 3 is 2.44 bits per heavy atom. The van der Waals surface area contributed by atoms with Crippen molar-refractivity contribution in [2.24, 2.45) is 12.2 Å². The van der Waals surface area contributed by atoms with E-state index >= 15 is 0 Å². The second kappa shape index (κ2) is 6.48. The Bertz CT molecular complexity index is 998. The minimum absolute atomic E-state index is 0.0615. The molecule has 0 atom stereocenters. The van der Waals surface area contributed by atoms with Crippen LogP contribution in [0.25, 0.3) is 5.82 Å². The van der Waals surface area contributed by atoms with Gasteiger partial charge >= 0.3 is 11.9 Å². The molecular formula is C12H6Cl2F4N4O3. The zero-order chi connectivity index (χ0) is 19.1. The van der Waals surface area contributed by atoms with Gasteiger partial charge in [0.05, 0.1) is 5.02 Å². The lowest BCUT2D eigenvalue weighted by Gasteiger charge is -2.14. The molecule has 2 aromatic rings. The van der Waals surface area contributed by atoms with Gasteiger partial charge in [-0.25, -0.2) is 18.7 Å². The van der Waals surface area contributed by atoms with Gasteiger partial charge in [0.2, 0.25) is 0 Å².